The van der Waals surface area contributed by atoms with Gasteiger partial charge in [0.2, 0.25) is 0 Å². The molecule has 3 heteroatoms. The van der Waals surface area contributed by atoms with Crippen molar-refractivity contribution in [3.8, 4) is 6.07 Å². The van der Waals surface area contributed by atoms with Gasteiger partial charge in [0.15, 0.2) is 0 Å². The molecule has 3 rings (SSSR count). The zero-order valence-corrected chi connectivity index (χ0v) is 10.8. The van der Waals surface area contributed by atoms with Crippen LogP contribution in [0.4, 0.5) is 5.82 Å². The summed E-state index contributed by atoms with van der Waals surface area (Å²) in [7, 11) is 2.06. The van der Waals surface area contributed by atoms with E-state index in [0.29, 0.717) is 5.56 Å². The Bertz CT molecular complexity index is 477. The third-order valence-electron chi connectivity index (χ3n) is 4.66. The lowest BCUT2D eigenvalue weighted by molar-refractivity contribution is 0.337. The van der Waals surface area contributed by atoms with Crippen LogP contribution in [-0.4, -0.2) is 18.6 Å². The van der Waals surface area contributed by atoms with Crippen LogP contribution in [0.25, 0.3) is 0 Å². The van der Waals surface area contributed by atoms with E-state index in [1.165, 1.54) is 25.7 Å². The van der Waals surface area contributed by atoms with Gasteiger partial charge in [-0.25, -0.2) is 4.98 Å². The summed E-state index contributed by atoms with van der Waals surface area (Å²) in [6, 6.07) is 5.90. The number of fused-ring (bicyclic) bond motifs is 2. The maximum absolute atomic E-state index is 9.12. The van der Waals surface area contributed by atoms with Gasteiger partial charge in [0.1, 0.15) is 11.9 Å². The molecular formula is C15H19N3. The molecule has 3 nitrogen and oxygen atoms in total. The summed E-state index contributed by atoms with van der Waals surface area (Å²) < 4.78 is 0. The van der Waals surface area contributed by atoms with Gasteiger partial charge in [0.05, 0.1) is 5.56 Å². The zero-order chi connectivity index (χ0) is 12.5. The standard InChI is InChI=1S/C15H19N3/c1-18(15-13(9-16)3-2-6-17-15)10-14-8-11-4-5-12(14)7-11/h2-3,6,11-12,14H,4-5,7-8,10H2,1H3. The van der Waals surface area contributed by atoms with Crippen LogP contribution < -0.4 is 4.90 Å². The molecule has 18 heavy (non-hydrogen) atoms. The summed E-state index contributed by atoms with van der Waals surface area (Å²) in [6.07, 6.45) is 7.44. The number of hydrogen-bond donors (Lipinski definition) is 0. The van der Waals surface area contributed by atoms with Crippen LogP contribution in [0, 0.1) is 29.1 Å². The van der Waals surface area contributed by atoms with Crippen LogP contribution in [0.1, 0.15) is 31.2 Å². The molecule has 2 saturated carbocycles. The number of hydrogen-bond acceptors (Lipinski definition) is 3. The Morgan fingerprint density at radius 2 is 2.33 bits per heavy atom. The maximum Gasteiger partial charge on any atom is 0.146 e. The molecule has 2 bridgehead atoms. The summed E-state index contributed by atoms with van der Waals surface area (Å²) in [5.74, 6) is 3.55. The van der Waals surface area contributed by atoms with Gasteiger partial charge in [-0.1, -0.05) is 6.42 Å². The fraction of sp³-hybridized carbons (Fsp3) is 0.600. The maximum atomic E-state index is 9.12. The molecule has 0 saturated heterocycles. The van der Waals surface area contributed by atoms with Crippen molar-refractivity contribution in [2.24, 2.45) is 17.8 Å². The van der Waals surface area contributed by atoms with Gasteiger partial charge < -0.3 is 4.90 Å². The van der Waals surface area contributed by atoms with Crippen molar-refractivity contribution < 1.29 is 0 Å². The van der Waals surface area contributed by atoms with Crippen molar-refractivity contribution in [2.75, 3.05) is 18.5 Å². The van der Waals surface area contributed by atoms with Crippen LogP contribution in [0.3, 0.4) is 0 Å². The molecule has 94 valence electrons. The smallest absolute Gasteiger partial charge is 0.146 e. The van der Waals surface area contributed by atoms with Crippen molar-refractivity contribution in [1.29, 1.82) is 5.26 Å². The molecule has 1 aromatic heterocycles. The monoisotopic (exact) mass is 241 g/mol. The van der Waals surface area contributed by atoms with E-state index >= 15 is 0 Å². The molecule has 0 spiro atoms. The second kappa shape index (κ2) is 4.61. The van der Waals surface area contributed by atoms with E-state index < -0.39 is 0 Å². The first-order valence-corrected chi connectivity index (χ1v) is 6.84. The molecule has 2 aliphatic rings. The quantitative estimate of drug-likeness (QED) is 0.817. The van der Waals surface area contributed by atoms with Crippen molar-refractivity contribution in [2.45, 2.75) is 25.7 Å². The SMILES string of the molecule is CN(CC1CC2CCC1C2)c1ncccc1C#N. The van der Waals surface area contributed by atoms with Gasteiger partial charge in [0.25, 0.3) is 0 Å². The van der Waals surface area contributed by atoms with Gasteiger partial charge >= 0.3 is 0 Å². The molecule has 0 amide bonds. The van der Waals surface area contributed by atoms with Gasteiger partial charge in [-0.3, -0.25) is 0 Å². The summed E-state index contributed by atoms with van der Waals surface area (Å²) >= 11 is 0. The molecule has 2 aliphatic carbocycles. The van der Waals surface area contributed by atoms with Gasteiger partial charge in [-0.05, 0) is 49.1 Å². The van der Waals surface area contributed by atoms with E-state index in [2.05, 4.69) is 23.0 Å². The number of rotatable bonds is 3. The molecule has 1 aromatic rings. The Morgan fingerprint density at radius 1 is 1.44 bits per heavy atom. The van der Waals surface area contributed by atoms with Crippen molar-refractivity contribution in [3.63, 3.8) is 0 Å². The van der Waals surface area contributed by atoms with Crippen molar-refractivity contribution in [3.05, 3.63) is 23.9 Å². The van der Waals surface area contributed by atoms with Gasteiger partial charge in [-0.2, -0.15) is 5.26 Å². The highest BCUT2D eigenvalue weighted by atomic mass is 15.2. The molecule has 0 N–H and O–H groups in total. The van der Waals surface area contributed by atoms with Crippen molar-refractivity contribution in [1.82, 2.24) is 4.98 Å². The molecule has 0 aromatic carbocycles. The average Bonchev–Trinajstić information content (AvgIpc) is 3.01. The topological polar surface area (TPSA) is 39.9 Å². The Morgan fingerprint density at radius 3 is 3.00 bits per heavy atom. The zero-order valence-electron chi connectivity index (χ0n) is 10.8. The predicted molar refractivity (Wildman–Crippen MR) is 71.2 cm³/mol. The summed E-state index contributed by atoms with van der Waals surface area (Å²) in [5.41, 5.74) is 0.683. The Balaban J connectivity index is 1.71. The molecule has 0 aliphatic heterocycles. The van der Waals surface area contributed by atoms with Crippen LogP contribution >= 0.6 is 0 Å². The fourth-order valence-electron chi connectivity index (χ4n) is 3.83. The Kier molecular flexibility index (Phi) is 2.95. The fourth-order valence-corrected chi connectivity index (χ4v) is 3.83. The van der Waals surface area contributed by atoms with Crippen LogP contribution in [0.15, 0.2) is 18.3 Å². The number of nitrogens with zero attached hydrogens (tertiary/aromatic N) is 3. The minimum atomic E-state index is 0.683. The Labute approximate surface area is 108 Å². The first kappa shape index (κ1) is 11.5. The predicted octanol–water partition coefficient (Wildman–Crippen LogP) is 2.83. The number of pyridine rings is 1. The van der Waals surface area contributed by atoms with Crippen LogP contribution in [-0.2, 0) is 0 Å². The number of aromatic nitrogens is 1. The largest absolute Gasteiger partial charge is 0.358 e. The molecule has 3 unspecified atom stereocenters. The minimum Gasteiger partial charge on any atom is -0.358 e. The molecule has 0 radical (unpaired) electrons. The summed E-state index contributed by atoms with van der Waals surface area (Å²) in [6.45, 7) is 1.05. The lowest BCUT2D eigenvalue weighted by Gasteiger charge is -2.28. The second-order valence-electron chi connectivity index (χ2n) is 5.80. The van der Waals surface area contributed by atoms with E-state index in [1.54, 1.807) is 6.20 Å². The minimum absolute atomic E-state index is 0.683. The van der Waals surface area contributed by atoms with E-state index in [0.717, 1.165) is 30.1 Å². The summed E-state index contributed by atoms with van der Waals surface area (Å²) in [5, 5.41) is 9.12. The molecule has 2 fully saturated rings. The number of anilines is 1. The third kappa shape index (κ3) is 1.96. The molecule has 1 heterocycles. The lowest BCUT2D eigenvalue weighted by atomic mass is 9.88. The highest BCUT2D eigenvalue weighted by Crippen LogP contribution is 2.48. The van der Waals surface area contributed by atoms with Crippen LogP contribution in [0.2, 0.25) is 0 Å². The highest BCUT2D eigenvalue weighted by Gasteiger charge is 2.39. The Hall–Kier alpha value is -1.56. The van der Waals surface area contributed by atoms with Crippen molar-refractivity contribution >= 4 is 5.82 Å². The van der Waals surface area contributed by atoms with Gasteiger partial charge in [0, 0.05) is 19.8 Å². The second-order valence-corrected chi connectivity index (χ2v) is 5.80. The van der Waals surface area contributed by atoms with E-state index in [9.17, 15) is 0 Å². The summed E-state index contributed by atoms with van der Waals surface area (Å²) in [4.78, 5) is 6.53. The van der Waals surface area contributed by atoms with E-state index in [4.69, 9.17) is 5.26 Å². The van der Waals surface area contributed by atoms with Crippen LogP contribution in [0.5, 0.6) is 0 Å². The average molecular weight is 241 g/mol. The van der Waals surface area contributed by atoms with E-state index in [-0.39, 0.29) is 0 Å². The normalized spacial score (nSPS) is 29.2. The molecule has 3 atom stereocenters. The molecular weight excluding hydrogens is 222 g/mol. The lowest BCUT2D eigenvalue weighted by Crippen LogP contribution is -2.29. The third-order valence-corrected chi connectivity index (χ3v) is 4.66. The van der Waals surface area contributed by atoms with E-state index in [1.807, 2.05) is 12.1 Å². The van der Waals surface area contributed by atoms with Gasteiger partial charge in [-0.15, -0.1) is 0 Å². The highest BCUT2D eigenvalue weighted by molar-refractivity contribution is 5.52. The first-order valence-electron chi connectivity index (χ1n) is 6.84. The first-order chi connectivity index (χ1) is 8.78. The number of nitriles is 1.